The van der Waals surface area contributed by atoms with Gasteiger partial charge in [0.15, 0.2) is 0 Å². The average molecular weight is 350 g/mol. The Balaban J connectivity index is 1.38. The van der Waals surface area contributed by atoms with Crippen LogP contribution in [0, 0.1) is 0 Å². The van der Waals surface area contributed by atoms with Gasteiger partial charge in [-0.25, -0.2) is 4.79 Å². The number of urea groups is 1. The molecule has 3 aliphatic heterocycles. The fourth-order valence-corrected chi connectivity index (χ4v) is 4.35. The summed E-state index contributed by atoms with van der Waals surface area (Å²) in [5.41, 5.74) is 2.43. The normalized spacial score (nSPS) is 22.2. The molecule has 1 aromatic rings. The van der Waals surface area contributed by atoms with E-state index in [9.17, 15) is 4.79 Å². The van der Waals surface area contributed by atoms with E-state index < -0.39 is 0 Å². The van der Waals surface area contributed by atoms with Crippen LogP contribution < -0.4 is 10.1 Å². The van der Waals surface area contributed by atoms with E-state index >= 15 is 0 Å². The molecular weight excluding hydrogens is 326 g/mol. The number of carbonyl (C=O) groups is 1. The second-order valence-electron chi connectivity index (χ2n) is 6.94. The summed E-state index contributed by atoms with van der Waals surface area (Å²) in [5, 5.41) is 3.76. The van der Waals surface area contributed by atoms with Crippen molar-refractivity contribution >= 4 is 17.6 Å². The number of piperidine rings is 1. The van der Waals surface area contributed by atoms with Crippen LogP contribution in [0.2, 0.25) is 5.02 Å². The minimum absolute atomic E-state index is 0.112. The van der Waals surface area contributed by atoms with Crippen LogP contribution in [0.4, 0.5) is 4.79 Å². The summed E-state index contributed by atoms with van der Waals surface area (Å²) >= 11 is 6.26. The van der Waals surface area contributed by atoms with Crippen molar-refractivity contribution in [2.24, 2.45) is 0 Å². The zero-order chi connectivity index (χ0) is 16.5. The lowest BCUT2D eigenvalue weighted by atomic mass is 10.0. The highest BCUT2D eigenvalue weighted by atomic mass is 35.5. The molecule has 0 radical (unpaired) electrons. The van der Waals surface area contributed by atoms with Crippen LogP contribution in [0.25, 0.3) is 0 Å². The zero-order valence-electron chi connectivity index (χ0n) is 13.9. The molecule has 4 rings (SSSR count). The second kappa shape index (κ2) is 6.81. The summed E-state index contributed by atoms with van der Waals surface area (Å²) in [6, 6.07) is 4.55. The third kappa shape index (κ3) is 3.20. The van der Waals surface area contributed by atoms with Crippen LogP contribution in [0.15, 0.2) is 12.1 Å². The lowest BCUT2D eigenvalue weighted by Crippen LogP contribution is -2.54. The number of carbonyl (C=O) groups excluding carboxylic acids is 1. The standard InChI is InChI=1S/C18H24ClN3O2/c19-15-10-13-4-9-24-17(13)14(11-15)12-21-7-2-16(3-8-21)22-6-1-5-20-18(22)23/h10-11,16H,1-9,12H2,(H,20,23). The summed E-state index contributed by atoms with van der Waals surface area (Å²) in [7, 11) is 0. The van der Waals surface area contributed by atoms with Gasteiger partial charge in [-0.05, 0) is 37.0 Å². The van der Waals surface area contributed by atoms with Crippen LogP contribution in [0.3, 0.4) is 0 Å². The quantitative estimate of drug-likeness (QED) is 0.912. The first kappa shape index (κ1) is 16.0. The van der Waals surface area contributed by atoms with Gasteiger partial charge in [0.2, 0.25) is 0 Å². The fraction of sp³-hybridized carbons (Fsp3) is 0.611. The maximum absolute atomic E-state index is 12.0. The van der Waals surface area contributed by atoms with E-state index in [4.69, 9.17) is 16.3 Å². The number of benzene rings is 1. The maximum atomic E-state index is 12.0. The first-order valence-corrected chi connectivity index (χ1v) is 9.29. The lowest BCUT2D eigenvalue weighted by Gasteiger charge is -2.40. The zero-order valence-corrected chi connectivity index (χ0v) is 14.6. The summed E-state index contributed by atoms with van der Waals surface area (Å²) in [4.78, 5) is 16.5. The average Bonchev–Trinajstić information content (AvgIpc) is 3.05. The number of hydrogen-bond acceptors (Lipinski definition) is 3. The number of hydrogen-bond donors (Lipinski definition) is 1. The molecule has 0 aromatic heterocycles. The van der Waals surface area contributed by atoms with Crippen molar-refractivity contribution in [2.45, 2.75) is 38.3 Å². The monoisotopic (exact) mass is 349 g/mol. The number of ether oxygens (including phenoxy) is 1. The van der Waals surface area contributed by atoms with Gasteiger partial charge >= 0.3 is 6.03 Å². The number of nitrogens with zero attached hydrogens (tertiary/aromatic N) is 2. The minimum Gasteiger partial charge on any atom is -0.493 e. The Labute approximate surface area is 147 Å². The van der Waals surface area contributed by atoms with Gasteiger partial charge in [0.1, 0.15) is 5.75 Å². The molecule has 130 valence electrons. The topological polar surface area (TPSA) is 44.8 Å². The number of fused-ring (bicyclic) bond motifs is 1. The van der Waals surface area contributed by atoms with E-state index in [1.807, 2.05) is 17.0 Å². The highest BCUT2D eigenvalue weighted by Crippen LogP contribution is 2.34. The molecule has 24 heavy (non-hydrogen) atoms. The van der Waals surface area contributed by atoms with E-state index in [1.165, 1.54) is 11.1 Å². The van der Waals surface area contributed by atoms with Crippen LogP contribution in [-0.4, -0.2) is 54.7 Å². The van der Waals surface area contributed by atoms with Crippen molar-refractivity contribution in [1.29, 1.82) is 0 Å². The Morgan fingerprint density at radius 2 is 2.08 bits per heavy atom. The third-order valence-electron chi connectivity index (χ3n) is 5.33. The van der Waals surface area contributed by atoms with Crippen molar-refractivity contribution in [1.82, 2.24) is 15.1 Å². The second-order valence-corrected chi connectivity index (χ2v) is 7.37. The van der Waals surface area contributed by atoms with Crippen LogP contribution in [0.1, 0.15) is 30.4 Å². The molecular formula is C18H24ClN3O2. The number of rotatable bonds is 3. The molecule has 0 aliphatic carbocycles. The molecule has 0 spiro atoms. The van der Waals surface area contributed by atoms with Crippen LogP contribution in [-0.2, 0) is 13.0 Å². The van der Waals surface area contributed by atoms with Crippen LogP contribution >= 0.6 is 11.6 Å². The van der Waals surface area contributed by atoms with Crippen molar-refractivity contribution in [3.05, 3.63) is 28.3 Å². The molecule has 1 aromatic carbocycles. The maximum Gasteiger partial charge on any atom is 0.317 e. The van der Waals surface area contributed by atoms with E-state index in [2.05, 4.69) is 10.2 Å². The van der Waals surface area contributed by atoms with Crippen molar-refractivity contribution in [3.63, 3.8) is 0 Å². The van der Waals surface area contributed by atoms with Gasteiger partial charge in [0.25, 0.3) is 0 Å². The molecule has 6 heteroatoms. The van der Waals surface area contributed by atoms with E-state index in [1.54, 1.807) is 0 Å². The van der Waals surface area contributed by atoms with E-state index in [0.717, 1.165) is 75.8 Å². The summed E-state index contributed by atoms with van der Waals surface area (Å²) in [5.74, 6) is 1.04. The molecule has 0 unspecified atom stereocenters. The fourth-order valence-electron chi connectivity index (χ4n) is 4.09. The summed E-state index contributed by atoms with van der Waals surface area (Å²) in [6.07, 6.45) is 4.08. The first-order chi connectivity index (χ1) is 11.7. The van der Waals surface area contributed by atoms with Gasteiger partial charge in [-0.2, -0.15) is 0 Å². The molecule has 0 bridgehead atoms. The van der Waals surface area contributed by atoms with Gasteiger partial charge in [-0.1, -0.05) is 11.6 Å². The van der Waals surface area contributed by atoms with Crippen molar-refractivity contribution < 1.29 is 9.53 Å². The first-order valence-electron chi connectivity index (χ1n) is 8.91. The van der Waals surface area contributed by atoms with Gasteiger partial charge in [-0.3, -0.25) is 4.90 Å². The van der Waals surface area contributed by atoms with E-state index in [-0.39, 0.29) is 6.03 Å². The summed E-state index contributed by atoms with van der Waals surface area (Å²) in [6.45, 7) is 5.36. The molecule has 0 saturated carbocycles. The molecule has 5 nitrogen and oxygen atoms in total. The van der Waals surface area contributed by atoms with Gasteiger partial charge in [-0.15, -0.1) is 0 Å². The van der Waals surface area contributed by atoms with Crippen molar-refractivity contribution in [2.75, 3.05) is 32.8 Å². The Morgan fingerprint density at radius 1 is 1.25 bits per heavy atom. The highest BCUT2D eigenvalue weighted by Gasteiger charge is 2.30. The number of amides is 2. The summed E-state index contributed by atoms with van der Waals surface area (Å²) < 4.78 is 5.81. The van der Waals surface area contributed by atoms with Crippen LogP contribution in [0.5, 0.6) is 5.75 Å². The van der Waals surface area contributed by atoms with Crippen molar-refractivity contribution in [3.8, 4) is 5.75 Å². The van der Waals surface area contributed by atoms with Gasteiger partial charge in [0.05, 0.1) is 6.61 Å². The Hall–Kier alpha value is -1.46. The number of likely N-dealkylation sites (tertiary alicyclic amines) is 1. The molecule has 1 N–H and O–H groups in total. The predicted molar refractivity (Wildman–Crippen MR) is 93.7 cm³/mol. The third-order valence-corrected chi connectivity index (χ3v) is 5.55. The molecule has 2 fully saturated rings. The molecule has 2 amide bonds. The number of nitrogens with one attached hydrogen (secondary N) is 1. The largest absolute Gasteiger partial charge is 0.493 e. The highest BCUT2D eigenvalue weighted by molar-refractivity contribution is 6.30. The number of halogens is 1. The van der Waals surface area contributed by atoms with Gasteiger partial charge in [0, 0.05) is 55.8 Å². The van der Waals surface area contributed by atoms with E-state index in [0.29, 0.717) is 6.04 Å². The Bertz CT molecular complexity index is 629. The lowest BCUT2D eigenvalue weighted by molar-refractivity contribution is 0.108. The molecule has 0 atom stereocenters. The van der Waals surface area contributed by atoms with Gasteiger partial charge < -0.3 is 15.0 Å². The molecule has 3 heterocycles. The Morgan fingerprint density at radius 3 is 2.88 bits per heavy atom. The molecule has 3 aliphatic rings. The molecule has 2 saturated heterocycles. The minimum atomic E-state index is 0.112. The smallest absolute Gasteiger partial charge is 0.317 e. The SMILES string of the molecule is O=C1NCCCN1C1CCN(Cc2cc(Cl)cc3c2OCC3)CC1. The predicted octanol–water partition coefficient (Wildman–Crippen LogP) is 2.65. The Kier molecular flexibility index (Phi) is 4.55.